The molecule has 2 rings (SSSR count). The van der Waals surface area contributed by atoms with Gasteiger partial charge in [-0.3, -0.25) is 14.5 Å². The molecule has 17 heavy (non-hydrogen) atoms. The van der Waals surface area contributed by atoms with Gasteiger partial charge in [0.2, 0.25) is 0 Å². The van der Waals surface area contributed by atoms with E-state index < -0.39 is 18.4 Å². The highest BCUT2D eigenvalue weighted by Crippen LogP contribution is 2.32. The van der Waals surface area contributed by atoms with E-state index in [-0.39, 0.29) is 4.32 Å². The fourth-order valence-electron chi connectivity index (χ4n) is 1.27. The molecule has 1 aliphatic heterocycles. The molecule has 0 saturated carbocycles. The van der Waals surface area contributed by atoms with Gasteiger partial charge in [-0.2, -0.15) is 0 Å². The molecule has 88 valence electrons. The number of carbonyl (C=O) groups is 2. The first-order chi connectivity index (χ1) is 8.08. The summed E-state index contributed by atoms with van der Waals surface area (Å²) >= 11 is 6.01. The number of carboxylic acid groups (broad SMARTS) is 1. The van der Waals surface area contributed by atoms with Gasteiger partial charge in [0.1, 0.15) is 16.6 Å². The average molecular weight is 269 g/mol. The number of amides is 1. The first-order valence-corrected chi connectivity index (χ1v) is 5.81. The van der Waals surface area contributed by atoms with E-state index in [4.69, 9.17) is 21.7 Å². The smallest absolute Gasteiger partial charge is 0.323 e. The quantitative estimate of drug-likeness (QED) is 0.663. The van der Waals surface area contributed by atoms with Crippen LogP contribution >= 0.6 is 24.0 Å². The molecule has 0 aromatic carbocycles. The van der Waals surface area contributed by atoms with Crippen LogP contribution in [0.15, 0.2) is 27.7 Å². The summed E-state index contributed by atoms with van der Waals surface area (Å²) in [6.45, 7) is -0.417. The molecule has 1 aromatic rings. The molecule has 1 N–H and O–H groups in total. The summed E-state index contributed by atoms with van der Waals surface area (Å²) in [5.74, 6) is -0.972. The number of hydrogen-bond donors (Lipinski definition) is 1. The van der Waals surface area contributed by atoms with E-state index in [0.717, 1.165) is 16.7 Å². The van der Waals surface area contributed by atoms with Crippen LogP contribution in [0.25, 0.3) is 6.08 Å². The van der Waals surface area contributed by atoms with Crippen molar-refractivity contribution in [2.45, 2.75) is 0 Å². The molecule has 0 unspecified atom stereocenters. The second kappa shape index (κ2) is 4.72. The van der Waals surface area contributed by atoms with E-state index in [9.17, 15) is 9.59 Å². The summed E-state index contributed by atoms with van der Waals surface area (Å²) in [6, 6.07) is 3.40. The lowest BCUT2D eigenvalue weighted by Gasteiger charge is -2.09. The fraction of sp³-hybridized carbons (Fsp3) is 0.100. The number of hydrogen-bond acceptors (Lipinski definition) is 5. The van der Waals surface area contributed by atoms with Gasteiger partial charge >= 0.3 is 5.97 Å². The Morgan fingerprint density at radius 3 is 3.00 bits per heavy atom. The lowest BCUT2D eigenvalue weighted by Crippen LogP contribution is -2.33. The van der Waals surface area contributed by atoms with Crippen LogP contribution in [-0.4, -0.2) is 32.7 Å². The van der Waals surface area contributed by atoms with Crippen LogP contribution in [0, 0.1) is 0 Å². The molecule has 7 heteroatoms. The maximum Gasteiger partial charge on any atom is 0.323 e. The highest BCUT2D eigenvalue weighted by molar-refractivity contribution is 8.26. The molecule has 0 aliphatic carbocycles. The summed E-state index contributed by atoms with van der Waals surface area (Å²) in [5, 5.41) is 8.65. The van der Waals surface area contributed by atoms with Crippen molar-refractivity contribution in [1.82, 2.24) is 4.90 Å². The first kappa shape index (κ1) is 11.9. The topological polar surface area (TPSA) is 70.8 Å². The number of thioether (sulfide) groups is 1. The summed E-state index contributed by atoms with van der Waals surface area (Å²) in [5.41, 5.74) is 0. The molecule has 1 fully saturated rings. The molecule has 0 radical (unpaired) electrons. The van der Waals surface area contributed by atoms with Gasteiger partial charge in [-0.05, 0) is 12.1 Å². The van der Waals surface area contributed by atoms with Gasteiger partial charge in [0.05, 0.1) is 11.2 Å². The zero-order valence-electron chi connectivity index (χ0n) is 8.45. The minimum Gasteiger partial charge on any atom is -0.480 e. The highest BCUT2D eigenvalue weighted by Gasteiger charge is 2.33. The van der Waals surface area contributed by atoms with Crippen molar-refractivity contribution in [3.63, 3.8) is 0 Å². The average Bonchev–Trinajstić information content (AvgIpc) is 2.83. The Kier molecular flexibility index (Phi) is 3.30. The number of carboxylic acids is 1. The fourth-order valence-corrected chi connectivity index (χ4v) is 2.51. The molecule has 1 aliphatic rings. The van der Waals surface area contributed by atoms with Crippen molar-refractivity contribution in [3.05, 3.63) is 29.1 Å². The van der Waals surface area contributed by atoms with E-state index in [2.05, 4.69) is 0 Å². The molecular formula is C10H7NO4S2. The van der Waals surface area contributed by atoms with Gasteiger partial charge in [-0.15, -0.1) is 0 Å². The summed E-state index contributed by atoms with van der Waals surface area (Å²) in [6.07, 6.45) is 3.03. The third-order valence-electron chi connectivity index (χ3n) is 1.98. The standard InChI is InChI=1S/C10H7NO4S2/c12-8(13)5-11-9(14)7(17-10(11)16)4-6-2-1-3-15-6/h1-4H,5H2,(H,12,13). The van der Waals surface area contributed by atoms with Crippen LogP contribution < -0.4 is 0 Å². The third-order valence-corrected chi connectivity index (χ3v) is 3.36. The van der Waals surface area contributed by atoms with Crippen LogP contribution in [0.4, 0.5) is 0 Å². The van der Waals surface area contributed by atoms with E-state index in [1.165, 1.54) is 6.26 Å². The molecule has 1 saturated heterocycles. The summed E-state index contributed by atoms with van der Waals surface area (Å²) in [7, 11) is 0. The minimum absolute atomic E-state index is 0.246. The second-order valence-corrected chi connectivity index (χ2v) is 4.85. The molecule has 1 aromatic heterocycles. The number of aliphatic carboxylic acids is 1. The molecule has 0 atom stereocenters. The van der Waals surface area contributed by atoms with Crippen molar-refractivity contribution in [1.29, 1.82) is 0 Å². The van der Waals surface area contributed by atoms with Crippen molar-refractivity contribution >= 4 is 46.3 Å². The van der Waals surface area contributed by atoms with Gasteiger partial charge in [-0.25, -0.2) is 0 Å². The Hall–Kier alpha value is -1.60. The van der Waals surface area contributed by atoms with E-state index >= 15 is 0 Å². The van der Waals surface area contributed by atoms with E-state index in [1.54, 1.807) is 18.2 Å². The van der Waals surface area contributed by atoms with E-state index in [1.807, 2.05) is 0 Å². The van der Waals surface area contributed by atoms with Crippen molar-refractivity contribution in [2.24, 2.45) is 0 Å². The third kappa shape index (κ3) is 2.56. The number of carbonyl (C=O) groups excluding carboxylic acids is 1. The Balaban J connectivity index is 2.21. The van der Waals surface area contributed by atoms with Crippen LogP contribution in [0.1, 0.15) is 5.76 Å². The van der Waals surface area contributed by atoms with Gasteiger partial charge in [0, 0.05) is 6.08 Å². The molecule has 5 nitrogen and oxygen atoms in total. The van der Waals surface area contributed by atoms with Gasteiger partial charge in [0.25, 0.3) is 5.91 Å². The number of rotatable bonds is 3. The summed E-state index contributed by atoms with van der Waals surface area (Å²) in [4.78, 5) is 23.8. The minimum atomic E-state index is -1.10. The monoisotopic (exact) mass is 269 g/mol. The molecule has 0 spiro atoms. The van der Waals surface area contributed by atoms with Crippen LogP contribution in [0.3, 0.4) is 0 Å². The molecule has 1 amide bonds. The lowest BCUT2D eigenvalue weighted by atomic mass is 10.3. The molecule has 2 heterocycles. The van der Waals surface area contributed by atoms with Gasteiger partial charge in [-0.1, -0.05) is 24.0 Å². The van der Waals surface area contributed by atoms with E-state index in [0.29, 0.717) is 10.7 Å². The highest BCUT2D eigenvalue weighted by atomic mass is 32.2. The zero-order valence-corrected chi connectivity index (χ0v) is 10.1. The van der Waals surface area contributed by atoms with Crippen molar-refractivity contribution in [2.75, 3.05) is 6.54 Å². The zero-order chi connectivity index (χ0) is 12.4. The normalized spacial score (nSPS) is 18.1. The van der Waals surface area contributed by atoms with Gasteiger partial charge in [0.15, 0.2) is 0 Å². The second-order valence-electron chi connectivity index (χ2n) is 3.18. The molecular weight excluding hydrogens is 262 g/mol. The Morgan fingerprint density at radius 1 is 1.65 bits per heavy atom. The van der Waals surface area contributed by atoms with Crippen LogP contribution in [0.2, 0.25) is 0 Å². The lowest BCUT2D eigenvalue weighted by molar-refractivity contribution is -0.140. The first-order valence-electron chi connectivity index (χ1n) is 4.58. The predicted octanol–water partition coefficient (Wildman–Crippen LogP) is 1.57. The Morgan fingerprint density at radius 2 is 2.41 bits per heavy atom. The predicted molar refractivity (Wildman–Crippen MR) is 66.2 cm³/mol. The van der Waals surface area contributed by atoms with Crippen LogP contribution in [0.5, 0.6) is 0 Å². The Labute approximate surface area is 106 Å². The molecule has 0 bridgehead atoms. The SMILES string of the molecule is O=C(O)CN1C(=O)C(=Cc2ccco2)SC1=S. The number of thiocarbonyl (C=S) groups is 1. The maximum absolute atomic E-state index is 11.8. The van der Waals surface area contributed by atoms with Crippen LogP contribution in [-0.2, 0) is 9.59 Å². The number of furan rings is 1. The maximum atomic E-state index is 11.8. The van der Waals surface area contributed by atoms with Gasteiger partial charge < -0.3 is 9.52 Å². The Bertz CT molecular complexity index is 506. The van der Waals surface area contributed by atoms with Crippen molar-refractivity contribution in [3.8, 4) is 0 Å². The number of nitrogens with zero attached hydrogens (tertiary/aromatic N) is 1. The summed E-state index contributed by atoms with van der Waals surface area (Å²) < 4.78 is 5.32. The largest absolute Gasteiger partial charge is 0.480 e. The van der Waals surface area contributed by atoms with Crippen molar-refractivity contribution < 1.29 is 19.1 Å².